The Morgan fingerprint density at radius 2 is 1.36 bits per heavy atom. The Labute approximate surface area is 226 Å². The molecule has 3 rings (SSSR count). The molecule has 0 unspecified atom stereocenters. The maximum Gasteiger partial charge on any atom is 0.416 e. The van der Waals surface area contributed by atoms with Gasteiger partial charge in [0, 0.05) is 18.8 Å². The van der Waals surface area contributed by atoms with E-state index in [1.165, 1.54) is 58.9 Å². The van der Waals surface area contributed by atoms with Crippen molar-refractivity contribution in [1.29, 1.82) is 0 Å². The Balaban J connectivity index is 1.93. The summed E-state index contributed by atoms with van der Waals surface area (Å²) in [4.78, 5) is 12.7. The number of nitrogens with zero attached hydrogens (tertiary/aromatic N) is 2. The molecule has 0 aliphatic heterocycles. The second kappa shape index (κ2) is 11.8. The molecule has 8 nitrogen and oxygen atoms in total. The number of benzene rings is 3. The first kappa shape index (κ1) is 30.1. The summed E-state index contributed by atoms with van der Waals surface area (Å²) < 4.78 is 94.2. The fraction of sp³-hybridized carbons (Fsp3) is 0.269. The number of aryl methyl sites for hydroxylation is 1. The lowest BCUT2D eigenvalue weighted by molar-refractivity contribution is -0.137. The number of carbonyl (C=O) groups is 1. The van der Waals surface area contributed by atoms with Gasteiger partial charge in [-0.25, -0.2) is 16.8 Å². The molecule has 210 valence electrons. The van der Waals surface area contributed by atoms with Crippen molar-refractivity contribution in [1.82, 2.24) is 4.31 Å². The zero-order chi connectivity index (χ0) is 29.0. The Kier molecular flexibility index (Phi) is 9.08. The van der Waals surface area contributed by atoms with Gasteiger partial charge in [-0.15, -0.1) is 0 Å². The van der Waals surface area contributed by atoms with Gasteiger partial charge in [-0.3, -0.25) is 9.10 Å². The Hall–Kier alpha value is -3.42. The van der Waals surface area contributed by atoms with Gasteiger partial charge in [0.1, 0.15) is 6.54 Å². The highest BCUT2D eigenvalue weighted by molar-refractivity contribution is 7.92. The highest BCUT2D eigenvalue weighted by Crippen LogP contribution is 2.33. The second-order valence-corrected chi connectivity index (χ2v) is 12.3. The van der Waals surface area contributed by atoms with E-state index in [1.807, 2.05) is 0 Å². The summed E-state index contributed by atoms with van der Waals surface area (Å²) in [6.45, 7) is 4.87. The molecule has 1 amide bonds. The molecule has 1 N–H and O–H groups in total. The van der Waals surface area contributed by atoms with E-state index in [0.29, 0.717) is 10.4 Å². The number of hydrogen-bond acceptors (Lipinski definition) is 5. The molecule has 0 aliphatic rings. The third kappa shape index (κ3) is 6.97. The van der Waals surface area contributed by atoms with Crippen molar-refractivity contribution < 1.29 is 34.8 Å². The van der Waals surface area contributed by atoms with Crippen LogP contribution in [0.4, 0.5) is 24.5 Å². The van der Waals surface area contributed by atoms with Gasteiger partial charge in [0.2, 0.25) is 15.9 Å². The van der Waals surface area contributed by atoms with E-state index in [9.17, 15) is 34.8 Å². The van der Waals surface area contributed by atoms with E-state index in [4.69, 9.17) is 0 Å². The van der Waals surface area contributed by atoms with Crippen molar-refractivity contribution in [2.75, 3.05) is 29.3 Å². The predicted molar refractivity (Wildman–Crippen MR) is 142 cm³/mol. The van der Waals surface area contributed by atoms with E-state index in [1.54, 1.807) is 20.8 Å². The van der Waals surface area contributed by atoms with Crippen molar-refractivity contribution in [3.05, 3.63) is 83.9 Å². The monoisotopic (exact) mass is 583 g/mol. The van der Waals surface area contributed by atoms with Crippen LogP contribution in [0.2, 0.25) is 0 Å². The van der Waals surface area contributed by atoms with Gasteiger partial charge in [0.05, 0.1) is 21.0 Å². The van der Waals surface area contributed by atoms with E-state index < -0.39 is 44.2 Å². The molecule has 0 bridgehead atoms. The first-order valence-electron chi connectivity index (χ1n) is 11.9. The second-order valence-electron chi connectivity index (χ2n) is 8.53. The highest BCUT2D eigenvalue weighted by atomic mass is 32.2. The fourth-order valence-electron chi connectivity index (χ4n) is 3.74. The van der Waals surface area contributed by atoms with E-state index in [0.717, 1.165) is 17.7 Å². The minimum absolute atomic E-state index is 0.0109. The largest absolute Gasteiger partial charge is 0.416 e. The van der Waals surface area contributed by atoms with Gasteiger partial charge in [-0.05, 0) is 61.5 Å². The van der Waals surface area contributed by atoms with Crippen molar-refractivity contribution >= 4 is 37.3 Å². The van der Waals surface area contributed by atoms with Crippen LogP contribution >= 0.6 is 0 Å². The van der Waals surface area contributed by atoms with Crippen LogP contribution in [0.3, 0.4) is 0 Å². The summed E-state index contributed by atoms with van der Waals surface area (Å²) in [6, 6.07) is 14.7. The molecule has 3 aromatic carbocycles. The van der Waals surface area contributed by atoms with Gasteiger partial charge in [0.15, 0.2) is 0 Å². The average molecular weight is 584 g/mol. The zero-order valence-electron chi connectivity index (χ0n) is 21.4. The quantitative estimate of drug-likeness (QED) is 0.367. The molecule has 0 fully saturated rings. The summed E-state index contributed by atoms with van der Waals surface area (Å²) in [6.07, 6.45) is -4.73. The molecule has 39 heavy (non-hydrogen) atoms. The van der Waals surface area contributed by atoms with Crippen LogP contribution in [0.15, 0.2) is 82.6 Å². The molecular formula is C26H28F3N3O5S2. The zero-order valence-corrected chi connectivity index (χ0v) is 23.1. The van der Waals surface area contributed by atoms with Crippen LogP contribution in [-0.2, 0) is 31.0 Å². The number of sulfonamides is 2. The van der Waals surface area contributed by atoms with E-state index in [-0.39, 0.29) is 34.3 Å². The smallest absolute Gasteiger partial charge is 0.325 e. The van der Waals surface area contributed by atoms with Crippen LogP contribution in [0.5, 0.6) is 0 Å². The predicted octanol–water partition coefficient (Wildman–Crippen LogP) is 4.88. The van der Waals surface area contributed by atoms with Gasteiger partial charge in [-0.2, -0.15) is 17.5 Å². The molecule has 0 saturated carbocycles. The normalized spacial score (nSPS) is 12.4. The SMILES string of the molecule is CCN(CC)S(=O)(=O)c1ccc(NC(=O)CN(c2cccc(C(F)(F)F)c2)S(=O)(=O)c2ccc(C)cc2)cc1. The first-order chi connectivity index (χ1) is 18.2. The lowest BCUT2D eigenvalue weighted by Gasteiger charge is -2.25. The molecule has 13 heteroatoms. The Bertz CT molecular complexity index is 1520. The number of anilines is 2. The van der Waals surface area contributed by atoms with Gasteiger partial charge < -0.3 is 5.32 Å². The van der Waals surface area contributed by atoms with Gasteiger partial charge in [0.25, 0.3) is 10.0 Å². The standard InChI is InChI=1S/C26H28F3N3O5S2/c1-4-31(5-2)38(34,35)23-15-11-21(12-16-23)30-25(33)18-32(22-8-6-7-20(17-22)26(27,28)29)39(36,37)24-13-9-19(3)10-14-24/h6-17H,4-5,18H2,1-3H3,(H,30,33). The lowest BCUT2D eigenvalue weighted by atomic mass is 10.2. The summed E-state index contributed by atoms with van der Waals surface area (Å²) >= 11 is 0. The molecule has 0 heterocycles. The summed E-state index contributed by atoms with van der Waals surface area (Å²) in [5.74, 6) is -0.845. The van der Waals surface area contributed by atoms with Crippen molar-refractivity contribution in [2.45, 2.75) is 36.7 Å². The maximum atomic E-state index is 13.5. The number of alkyl halides is 3. The van der Waals surface area contributed by atoms with E-state index >= 15 is 0 Å². The Morgan fingerprint density at radius 1 is 0.821 bits per heavy atom. The fourth-order valence-corrected chi connectivity index (χ4v) is 6.61. The topological polar surface area (TPSA) is 104 Å². The third-order valence-electron chi connectivity index (χ3n) is 5.84. The number of halogens is 3. The summed E-state index contributed by atoms with van der Waals surface area (Å²) in [7, 11) is -8.17. The Morgan fingerprint density at radius 3 is 1.90 bits per heavy atom. The highest BCUT2D eigenvalue weighted by Gasteiger charge is 2.33. The minimum atomic E-state index is -4.73. The van der Waals surface area contributed by atoms with Crippen LogP contribution < -0.4 is 9.62 Å². The number of hydrogen-bond donors (Lipinski definition) is 1. The minimum Gasteiger partial charge on any atom is -0.325 e. The molecule has 0 radical (unpaired) electrons. The average Bonchev–Trinajstić information content (AvgIpc) is 2.88. The molecule has 0 saturated heterocycles. The molecule has 0 spiro atoms. The van der Waals surface area contributed by atoms with Gasteiger partial charge >= 0.3 is 6.18 Å². The number of nitrogens with one attached hydrogen (secondary N) is 1. The van der Waals surface area contributed by atoms with Crippen LogP contribution in [0.25, 0.3) is 0 Å². The number of rotatable bonds is 10. The van der Waals surface area contributed by atoms with Crippen molar-refractivity contribution in [2.24, 2.45) is 0 Å². The molecule has 0 aromatic heterocycles. The lowest BCUT2D eigenvalue weighted by Crippen LogP contribution is -2.38. The third-order valence-corrected chi connectivity index (χ3v) is 9.69. The summed E-state index contributed by atoms with van der Waals surface area (Å²) in [5.41, 5.74) is -0.477. The van der Waals surface area contributed by atoms with Gasteiger partial charge in [-0.1, -0.05) is 37.6 Å². The summed E-state index contributed by atoms with van der Waals surface area (Å²) in [5, 5.41) is 2.48. The molecule has 0 atom stereocenters. The molecule has 0 aliphatic carbocycles. The van der Waals surface area contributed by atoms with Crippen LogP contribution in [0.1, 0.15) is 25.0 Å². The number of amides is 1. The van der Waals surface area contributed by atoms with E-state index in [2.05, 4.69) is 5.32 Å². The first-order valence-corrected chi connectivity index (χ1v) is 14.7. The van der Waals surface area contributed by atoms with Crippen molar-refractivity contribution in [3.63, 3.8) is 0 Å². The van der Waals surface area contributed by atoms with Crippen LogP contribution in [-0.4, -0.2) is 46.7 Å². The molecular weight excluding hydrogens is 555 g/mol. The molecule has 3 aromatic rings. The van der Waals surface area contributed by atoms with Crippen molar-refractivity contribution in [3.8, 4) is 0 Å². The number of carbonyl (C=O) groups excluding carboxylic acids is 1. The maximum absolute atomic E-state index is 13.5. The van der Waals surface area contributed by atoms with Crippen LogP contribution in [0, 0.1) is 6.92 Å².